The van der Waals surface area contributed by atoms with Gasteiger partial charge in [0.15, 0.2) is 0 Å². The number of carbonyl (C=O) groups excluding carboxylic acids is 2. The van der Waals surface area contributed by atoms with Crippen molar-refractivity contribution in [2.45, 2.75) is 19.0 Å². The Hall–Kier alpha value is -1.88. The fourth-order valence-electron chi connectivity index (χ4n) is 1.53. The van der Waals surface area contributed by atoms with Crippen LogP contribution in [-0.4, -0.2) is 24.0 Å². The fourth-order valence-corrected chi connectivity index (χ4v) is 1.53. The molecule has 82 valence electrons. The van der Waals surface area contributed by atoms with Crippen LogP contribution in [-0.2, 0) is 14.2 Å². The number of rotatable bonds is 0. The SMILES string of the molecule is CC12OC(=O)c3ccc(cc3)C(=O)OC1O2. The van der Waals surface area contributed by atoms with Crippen LogP contribution in [0.5, 0.6) is 0 Å². The molecule has 3 heterocycles. The third-order valence-corrected chi connectivity index (χ3v) is 2.58. The Morgan fingerprint density at radius 3 is 2.25 bits per heavy atom. The second kappa shape index (κ2) is 2.82. The number of esters is 2. The second-order valence-corrected chi connectivity index (χ2v) is 3.84. The Labute approximate surface area is 90.9 Å². The average Bonchev–Trinajstić information content (AvgIpc) is 2.88. The summed E-state index contributed by atoms with van der Waals surface area (Å²) >= 11 is 0. The first-order valence-electron chi connectivity index (χ1n) is 4.81. The molecule has 5 heteroatoms. The number of ether oxygens (including phenoxy) is 3. The van der Waals surface area contributed by atoms with Crippen LogP contribution in [0, 0.1) is 0 Å². The summed E-state index contributed by atoms with van der Waals surface area (Å²) in [6.07, 6.45) is -0.807. The zero-order valence-corrected chi connectivity index (χ0v) is 8.43. The van der Waals surface area contributed by atoms with E-state index in [-0.39, 0.29) is 0 Å². The van der Waals surface area contributed by atoms with Gasteiger partial charge in [-0.2, -0.15) is 0 Å². The molecule has 3 aliphatic heterocycles. The Balaban J connectivity index is 2.05. The summed E-state index contributed by atoms with van der Waals surface area (Å²) in [7, 11) is 0. The maximum atomic E-state index is 11.6. The van der Waals surface area contributed by atoms with Gasteiger partial charge in [-0.25, -0.2) is 9.59 Å². The molecule has 0 amide bonds. The van der Waals surface area contributed by atoms with Crippen molar-refractivity contribution in [1.29, 1.82) is 0 Å². The van der Waals surface area contributed by atoms with Crippen LogP contribution in [0.25, 0.3) is 0 Å². The Morgan fingerprint density at radius 2 is 1.62 bits per heavy atom. The highest BCUT2D eigenvalue weighted by molar-refractivity contribution is 5.94. The van der Waals surface area contributed by atoms with E-state index < -0.39 is 24.0 Å². The van der Waals surface area contributed by atoms with Gasteiger partial charge in [0, 0.05) is 6.92 Å². The summed E-state index contributed by atoms with van der Waals surface area (Å²) in [5.74, 6) is -2.12. The van der Waals surface area contributed by atoms with E-state index in [2.05, 4.69) is 0 Å². The van der Waals surface area contributed by atoms with E-state index in [0.717, 1.165) is 0 Å². The van der Waals surface area contributed by atoms with E-state index in [1.165, 1.54) is 24.3 Å². The molecule has 0 saturated carbocycles. The molecule has 5 nitrogen and oxygen atoms in total. The van der Waals surface area contributed by atoms with Crippen LogP contribution < -0.4 is 0 Å². The molecule has 2 atom stereocenters. The number of benzene rings is 1. The number of fused-ring (bicyclic) bond motifs is 4. The summed E-state index contributed by atoms with van der Waals surface area (Å²) in [5.41, 5.74) is 0.769. The first-order chi connectivity index (χ1) is 7.58. The van der Waals surface area contributed by atoms with Gasteiger partial charge in [-0.15, -0.1) is 0 Å². The second-order valence-electron chi connectivity index (χ2n) is 3.84. The van der Waals surface area contributed by atoms with E-state index in [1.807, 2.05) is 0 Å². The van der Waals surface area contributed by atoms with Crippen molar-refractivity contribution in [1.82, 2.24) is 0 Å². The first-order valence-corrected chi connectivity index (χ1v) is 4.81. The number of hydrogen-bond donors (Lipinski definition) is 0. The topological polar surface area (TPSA) is 65.1 Å². The summed E-state index contributed by atoms with van der Waals surface area (Å²) in [4.78, 5) is 23.2. The molecule has 0 aliphatic carbocycles. The van der Waals surface area contributed by atoms with Gasteiger partial charge in [-0.1, -0.05) is 0 Å². The molecule has 1 fully saturated rings. The predicted octanol–water partition coefficient (Wildman–Crippen LogP) is 1.09. The molecule has 2 bridgehead atoms. The van der Waals surface area contributed by atoms with Crippen LogP contribution in [0.4, 0.5) is 0 Å². The summed E-state index contributed by atoms with van der Waals surface area (Å²) in [6.45, 7) is 1.55. The lowest BCUT2D eigenvalue weighted by molar-refractivity contribution is -0.0115. The molecule has 3 aliphatic rings. The van der Waals surface area contributed by atoms with Gasteiger partial charge in [-0.3, -0.25) is 4.74 Å². The zero-order chi connectivity index (χ0) is 11.3. The maximum Gasteiger partial charge on any atom is 0.340 e. The molecule has 2 unspecified atom stereocenters. The van der Waals surface area contributed by atoms with Crippen molar-refractivity contribution in [2.75, 3.05) is 0 Å². The van der Waals surface area contributed by atoms with Crippen LogP contribution in [0.15, 0.2) is 24.3 Å². The average molecular weight is 220 g/mol. The highest BCUT2D eigenvalue weighted by atomic mass is 16.9. The molecule has 4 rings (SSSR count). The first kappa shape index (κ1) is 9.35. The molecule has 1 aromatic carbocycles. The smallest absolute Gasteiger partial charge is 0.340 e. The standard InChI is InChI=1S/C11H8O5/c1-11-10(16-11)14-8(12)6-2-4-7(5-3-6)9(13)15-11/h2-5,10H,1H3. The lowest BCUT2D eigenvalue weighted by Crippen LogP contribution is -2.24. The van der Waals surface area contributed by atoms with E-state index in [4.69, 9.17) is 14.2 Å². The van der Waals surface area contributed by atoms with Crippen molar-refractivity contribution in [3.8, 4) is 0 Å². The van der Waals surface area contributed by atoms with Gasteiger partial charge >= 0.3 is 11.9 Å². The largest absolute Gasteiger partial charge is 0.425 e. The molecular formula is C11H8O5. The quantitative estimate of drug-likeness (QED) is 0.483. The molecule has 16 heavy (non-hydrogen) atoms. The van der Waals surface area contributed by atoms with Crippen molar-refractivity contribution in [2.24, 2.45) is 0 Å². The summed E-state index contributed by atoms with van der Waals surface area (Å²) < 4.78 is 15.1. The van der Waals surface area contributed by atoms with Crippen molar-refractivity contribution in [3.63, 3.8) is 0 Å². The highest BCUT2D eigenvalue weighted by Crippen LogP contribution is 2.39. The Bertz CT molecular complexity index is 478. The molecular weight excluding hydrogens is 212 g/mol. The fraction of sp³-hybridized carbons (Fsp3) is 0.273. The van der Waals surface area contributed by atoms with E-state index in [0.29, 0.717) is 11.1 Å². The summed E-state index contributed by atoms with van der Waals surface area (Å²) in [6, 6.07) is 6.07. The van der Waals surface area contributed by atoms with Gasteiger partial charge in [-0.05, 0) is 24.3 Å². The van der Waals surface area contributed by atoms with Crippen molar-refractivity contribution >= 4 is 11.9 Å². The maximum absolute atomic E-state index is 11.6. The van der Waals surface area contributed by atoms with Gasteiger partial charge < -0.3 is 9.47 Å². The van der Waals surface area contributed by atoms with Crippen LogP contribution in [0.2, 0.25) is 0 Å². The number of epoxide rings is 1. The third-order valence-electron chi connectivity index (χ3n) is 2.58. The minimum atomic E-state index is -1.14. The third kappa shape index (κ3) is 1.29. The van der Waals surface area contributed by atoms with Crippen LogP contribution in [0.3, 0.4) is 0 Å². The molecule has 0 aromatic heterocycles. The zero-order valence-electron chi connectivity index (χ0n) is 8.43. The molecule has 1 saturated heterocycles. The molecule has 0 radical (unpaired) electrons. The van der Waals surface area contributed by atoms with E-state index >= 15 is 0 Å². The Kier molecular flexibility index (Phi) is 1.65. The highest BCUT2D eigenvalue weighted by Gasteiger charge is 2.60. The van der Waals surface area contributed by atoms with Crippen molar-refractivity contribution in [3.05, 3.63) is 35.4 Å². The van der Waals surface area contributed by atoms with Crippen LogP contribution in [0.1, 0.15) is 27.6 Å². The lowest BCUT2D eigenvalue weighted by Gasteiger charge is -2.11. The van der Waals surface area contributed by atoms with Gasteiger partial charge in [0.05, 0.1) is 11.1 Å². The van der Waals surface area contributed by atoms with Gasteiger partial charge in [0.2, 0.25) is 0 Å². The predicted molar refractivity (Wildman–Crippen MR) is 50.6 cm³/mol. The molecule has 1 aromatic rings. The van der Waals surface area contributed by atoms with Gasteiger partial charge in [0.1, 0.15) is 0 Å². The van der Waals surface area contributed by atoms with E-state index in [9.17, 15) is 9.59 Å². The monoisotopic (exact) mass is 220 g/mol. The number of carbonyl (C=O) groups is 2. The lowest BCUT2D eigenvalue weighted by atomic mass is 10.1. The van der Waals surface area contributed by atoms with E-state index in [1.54, 1.807) is 6.92 Å². The minimum absolute atomic E-state index is 0.383. The Morgan fingerprint density at radius 1 is 1.06 bits per heavy atom. The minimum Gasteiger partial charge on any atom is -0.425 e. The van der Waals surface area contributed by atoms with Gasteiger partial charge in [0.25, 0.3) is 12.1 Å². The number of hydrogen-bond acceptors (Lipinski definition) is 5. The summed E-state index contributed by atoms with van der Waals surface area (Å²) in [5, 5.41) is 0. The van der Waals surface area contributed by atoms with Crippen LogP contribution >= 0.6 is 0 Å². The molecule has 0 N–H and O–H groups in total. The normalized spacial score (nSPS) is 31.4. The van der Waals surface area contributed by atoms with Crippen molar-refractivity contribution < 1.29 is 23.8 Å². The molecule has 0 spiro atoms.